The number of aryl methyl sites for hydroxylation is 1. The number of benzene rings is 2. The van der Waals surface area contributed by atoms with Crippen molar-refractivity contribution in [3.63, 3.8) is 0 Å². The van der Waals surface area contributed by atoms with E-state index in [-0.39, 0.29) is 5.91 Å². The number of carbonyl (C=O) groups is 1. The van der Waals surface area contributed by atoms with Crippen LogP contribution >= 0.6 is 27.3 Å². The molecule has 1 N–H and O–H groups in total. The van der Waals surface area contributed by atoms with E-state index in [1.807, 2.05) is 48.5 Å². The second kappa shape index (κ2) is 10.2. The van der Waals surface area contributed by atoms with E-state index in [0.29, 0.717) is 0 Å². The van der Waals surface area contributed by atoms with Gasteiger partial charge < -0.3 is 10.1 Å². The van der Waals surface area contributed by atoms with Crippen LogP contribution < -0.4 is 10.1 Å². The van der Waals surface area contributed by atoms with Gasteiger partial charge >= 0.3 is 0 Å². The molecule has 1 heterocycles. The molecule has 31 heavy (non-hydrogen) atoms. The molecule has 1 amide bonds. The summed E-state index contributed by atoms with van der Waals surface area (Å²) < 4.78 is 6.43. The van der Waals surface area contributed by atoms with Crippen LogP contribution in [0.5, 0.6) is 5.75 Å². The van der Waals surface area contributed by atoms with Crippen LogP contribution in [0.2, 0.25) is 0 Å². The number of thiophene rings is 1. The molecule has 2 aromatic carbocycles. The highest BCUT2D eigenvalue weighted by atomic mass is 79.9. The van der Waals surface area contributed by atoms with Gasteiger partial charge in [0.25, 0.3) is 5.91 Å². The Labute approximate surface area is 195 Å². The number of nitrogens with zero attached hydrogens (tertiary/aromatic N) is 1. The minimum atomic E-state index is -0.0855. The molecule has 1 aliphatic rings. The smallest absolute Gasteiger partial charge is 0.259 e. The average molecular weight is 497 g/mol. The molecule has 0 aliphatic heterocycles. The van der Waals surface area contributed by atoms with Crippen LogP contribution in [-0.4, -0.2) is 19.2 Å². The number of halogens is 1. The van der Waals surface area contributed by atoms with E-state index >= 15 is 0 Å². The molecule has 1 aliphatic carbocycles. The molecular weight excluding hydrogens is 472 g/mol. The Balaban J connectivity index is 1.73. The summed E-state index contributed by atoms with van der Waals surface area (Å²) in [5.41, 5.74) is 3.55. The molecule has 0 unspecified atom stereocenters. The maximum Gasteiger partial charge on any atom is 0.259 e. The number of carbonyl (C=O) groups excluding carboxylic acids is 1. The van der Waals surface area contributed by atoms with Crippen LogP contribution in [0.25, 0.3) is 0 Å². The molecular formula is C25H25BrN2O2S. The molecule has 4 nitrogen and oxygen atoms in total. The van der Waals surface area contributed by atoms with Gasteiger partial charge in [0.15, 0.2) is 0 Å². The molecule has 0 saturated carbocycles. The van der Waals surface area contributed by atoms with Crippen molar-refractivity contribution in [2.24, 2.45) is 4.99 Å². The van der Waals surface area contributed by atoms with E-state index in [2.05, 4.69) is 21.2 Å². The fraction of sp³-hybridized carbons (Fsp3) is 0.280. The van der Waals surface area contributed by atoms with E-state index in [1.54, 1.807) is 24.7 Å². The number of fused-ring (bicyclic) bond motifs is 1. The standard InChI is InChI=1S/C25H25BrN2O2S/c1-30-21-14-13-18(26)15-17(21)16-27-25-23(24(29)28-19-9-5-4-6-10-19)20-11-7-2-3-8-12-22(20)31-25/h4-6,9-10,13-16H,2-3,7-8,11-12H2,1H3,(H,28,29). The van der Waals surface area contributed by atoms with Gasteiger partial charge in [-0.05, 0) is 61.6 Å². The molecule has 3 aromatic rings. The van der Waals surface area contributed by atoms with Crippen LogP contribution in [-0.2, 0) is 12.8 Å². The Morgan fingerprint density at radius 2 is 1.87 bits per heavy atom. The average Bonchev–Trinajstić information content (AvgIpc) is 3.09. The van der Waals surface area contributed by atoms with Crippen molar-refractivity contribution < 1.29 is 9.53 Å². The van der Waals surface area contributed by atoms with Gasteiger partial charge in [-0.25, -0.2) is 4.99 Å². The Bertz CT molecular complexity index is 1090. The van der Waals surface area contributed by atoms with Crippen molar-refractivity contribution in [3.8, 4) is 5.75 Å². The number of amides is 1. The summed E-state index contributed by atoms with van der Waals surface area (Å²) in [6, 6.07) is 15.4. The maximum absolute atomic E-state index is 13.3. The summed E-state index contributed by atoms with van der Waals surface area (Å²) >= 11 is 5.16. The Hall–Kier alpha value is -2.44. The SMILES string of the molecule is COc1ccc(Br)cc1C=Nc1sc2c(c1C(=O)Nc1ccccc1)CCCCCC2. The number of hydrogen-bond donors (Lipinski definition) is 1. The van der Waals surface area contributed by atoms with E-state index in [4.69, 9.17) is 9.73 Å². The first-order valence-corrected chi connectivity index (χ1v) is 12.1. The number of aliphatic imine (C=N–C) groups is 1. The van der Waals surface area contributed by atoms with Crippen LogP contribution in [0, 0.1) is 0 Å². The first kappa shape index (κ1) is 21.8. The zero-order chi connectivity index (χ0) is 21.6. The lowest BCUT2D eigenvalue weighted by molar-refractivity contribution is 0.102. The highest BCUT2D eigenvalue weighted by molar-refractivity contribution is 9.10. The third-order valence-corrected chi connectivity index (χ3v) is 7.12. The molecule has 0 spiro atoms. The fourth-order valence-corrected chi connectivity index (χ4v) is 5.49. The van der Waals surface area contributed by atoms with Gasteiger partial charge in [0, 0.05) is 26.8 Å². The number of anilines is 1. The monoisotopic (exact) mass is 496 g/mol. The first-order chi connectivity index (χ1) is 15.2. The normalized spacial score (nSPS) is 14.0. The number of methoxy groups -OCH3 is 1. The van der Waals surface area contributed by atoms with Crippen LogP contribution in [0.3, 0.4) is 0 Å². The van der Waals surface area contributed by atoms with Crippen molar-refractivity contribution in [1.82, 2.24) is 0 Å². The summed E-state index contributed by atoms with van der Waals surface area (Å²) in [7, 11) is 1.65. The molecule has 4 rings (SSSR count). The van der Waals surface area contributed by atoms with Gasteiger partial charge in [0.2, 0.25) is 0 Å². The zero-order valence-corrected chi connectivity index (χ0v) is 19.9. The van der Waals surface area contributed by atoms with E-state index in [1.165, 1.54) is 23.3 Å². The number of para-hydroxylation sites is 1. The number of nitrogens with one attached hydrogen (secondary N) is 1. The molecule has 0 bridgehead atoms. The van der Waals surface area contributed by atoms with E-state index < -0.39 is 0 Å². The van der Waals surface area contributed by atoms with Crippen molar-refractivity contribution >= 4 is 50.1 Å². The minimum absolute atomic E-state index is 0.0855. The zero-order valence-electron chi connectivity index (χ0n) is 17.5. The van der Waals surface area contributed by atoms with Crippen molar-refractivity contribution in [3.05, 3.63) is 74.6 Å². The summed E-state index contributed by atoms with van der Waals surface area (Å²) in [5, 5.41) is 3.83. The van der Waals surface area contributed by atoms with E-state index in [9.17, 15) is 4.79 Å². The predicted octanol–water partition coefficient (Wildman–Crippen LogP) is 7.18. The van der Waals surface area contributed by atoms with Gasteiger partial charge in [0.1, 0.15) is 10.8 Å². The summed E-state index contributed by atoms with van der Waals surface area (Å²) in [5.74, 6) is 0.662. The molecule has 0 atom stereocenters. The molecule has 6 heteroatoms. The second-order valence-electron chi connectivity index (χ2n) is 7.56. The lowest BCUT2D eigenvalue weighted by Crippen LogP contribution is -2.14. The van der Waals surface area contributed by atoms with Crippen LogP contribution in [0.1, 0.15) is 52.0 Å². The fourth-order valence-electron chi connectivity index (χ4n) is 3.88. The number of hydrogen-bond acceptors (Lipinski definition) is 4. The van der Waals surface area contributed by atoms with Gasteiger partial charge in [0.05, 0.1) is 12.7 Å². The Kier molecular flexibility index (Phi) is 7.20. The largest absolute Gasteiger partial charge is 0.496 e. The first-order valence-electron chi connectivity index (χ1n) is 10.5. The third kappa shape index (κ3) is 5.25. The molecule has 1 aromatic heterocycles. The molecule has 160 valence electrons. The predicted molar refractivity (Wildman–Crippen MR) is 133 cm³/mol. The summed E-state index contributed by atoms with van der Waals surface area (Å²) in [6.45, 7) is 0. The lowest BCUT2D eigenvalue weighted by Gasteiger charge is -2.12. The van der Waals surface area contributed by atoms with Crippen molar-refractivity contribution in [2.45, 2.75) is 38.5 Å². The number of rotatable bonds is 5. The van der Waals surface area contributed by atoms with Gasteiger partial charge in [-0.2, -0.15) is 0 Å². The maximum atomic E-state index is 13.3. The van der Waals surface area contributed by atoms with Crippen molar-refractivity contribution in [1.29, 1.82) is 0 Å². The van der Waals surface area contributed by atoms with Crippen LogP contribution in [0.4, 0.5) is 10.7 Å². The third-order valence-electron chi connectivity index (χ3n) is 5.42. The van der Waals surface area contributed by atoms with E-state index in [0.717, 1.165) is 57.7 Å². The topological polar surface area (TPSA) is 50.7 Å². The quantitative estimate of drug-likeness (QED) is 0.380. The van der Waals surface area contributed by atoms with Gasteiger partial charge in [-0.15, -0.1) is 11.3 Å². The minimum Gasteiger partial charge on any atom is -0.496 e. The highest BCUT2D eigenvalue weighted by Crippen LogP contribution is 2.39. The molecule has 0 saturated heterocycles. The molecule has 0 radical (unpaired) electrons. The Morgan fingerprint density at radius 1 is 1.10 bits per heavy atom. The second-order valence-corrected chi connectivity index (χ2v) is 9.56. The Morgan fingerprint density at radius 3 is 2.65 bits per heavy atom. The summed E-state index contributed by atoms with van der Waals surface area (Å²) in [4.78, 5) is 19.4. The van der Waals surface area contributed by atoms with Gasteiger partial charge in [-0.1, -0.05) is 47.0 Å². The van der Waals surface area contributed by atoms with Crippen LogP contribution in [0.15, 0.2) is 58.0 Å². The number of ether oxygens (including phenoxy) is 1. The van der Waals surface area contributed by atoms with Crippen molar-refractivity contribution in [2.75, 3.05) is 12.4 Å². The lowest BCUT2D eigenvalue weighted by atomic mass is 9.96. The summed E-state index contributed by atoms with van der Waals surface area (Å²) in [6.07, 6.45) is 8.47. The van der Waals surface area contributed by atoms with Gasteiger partial charge in [-0.3, -0.25) is 4.79 Å². The highest BCUT2D eigenvalue weighted by Gasteiger charge is 2.24. The molecule has 0 fully saturated rings.